The molecule has 0 radical (unpaired) electrons. The second kappa shape index (κ2) is 7.76. The SMILES string of the molecule is Cn1c(C(=O)N2CCOC(COc3ncnc4ccccc34)C2)cc2ccccc21. The van der Waals surface area contributed by atoms with Gasteiger partial charge in [-0.15, -0.1) is 0 Å². The number of morpholine rings is 1. The number of carbonyl (C=O) groups is 1. The molecule has 0 bridgehead atoms. The lowest BCUT2D eigenvalue weighted by molar-refractivity contribution is -0.0407. The van der Waals surface area contributed by atoms with Gasteiger partial charge < -0.3 is 18.9 Å². The molecule has 2 aromatic carbocycles. The van der Waals surface area contributed by atoms with Gasteiger partial charge in [0, 0.05) is 24.5 Å². The lowest BCUT2D eigenvalue weighted by atomic mass is 10.2. The Hall–Kier alpha value is -3.45. The molecular weight excluding hydrogens is 380 g/mol. The van der Waals surface area contributed by atoms with E-state index >= 15 is 0 Å². The van der Waals surface area contributed by atoms with Gasteiger partial charge in [0.05, 0.1) is 24.1 Å². The van der Waals surface area contributed by atoms with Crippen LogP contribution >= 0.6 is 0 Å². The molecule has 1 atom stereocenters. The van der Waals surface area contributed by atoms with Gasteiger partial charge in [0.1, 0.15) is 24.7 Å². The molecule has 3 heterocycles. The Labute approximate surface area is 173 Å². The van der Waals surface area contributed by atoms with Gasteiger partial charge in [-0.05, 0) is 24.3 Å². The number of aromatic nitrogens is 3. The number of para-hydroxylation sites is 2. The Morgan fingerprint density at radius 1 is 1.17 bits per heavy atom. The minimum atomic E-state index is -0.217. The van der Waals surface area contributed by atoms with Crippen LogP contribution in [0.1, 0.15) is 10.5 Å². The van der Waals surface area contributed by atoms with E-state index in [-0.39, 0.29) is 12.0 Å². The molecule has 1 aliphatic rings. The van der Waals surface area contributed by atoms with Gasteiger partial charge in [-0.3, -0.25) is 4.79 Å². The van der Waals surface area contributed by atoms with Crippen molar-refractivity contribution >= 4 is 27.7 Å². The lowest BCUT2D eigenvalue weighted by Crippen LogP contribution is -2.48. The number of rotatable bonds is 4. The van der Waals surface area contributed by atoms with Crippen molar-refractivity contribution in [3.8, 4) is 5.88 Å². The number of benzene rings is 2. The van der Waals surface area contributed by atoms with Crippen LogP contribution in [0.3, 0.4) is 0 Å². The maximum absolute atomic E-state index is 13.2. The molecule has 0 N–H and O–H groups in total. The first-order valence-electron chi connectivity index (χ1n) is 9.98. The highest BCUT2D eigenvalue weighted by molar-refractivity contribution is 5.98. The van der Waals surface area contributed by atoms with Crippen LogP contribution in [-0.2, 0) is 11.8 Å². The topological polar surface area (TPSA) is 69.5 Å². The molecule has 1 amide bonds. The second-order valence-corrected chi connectivity index (χ2v) is 7.40. The summed E-state index contributed by atoms with van der Waals surface area (Å²) in [5, 5.41) is 1.92. The zero-order valence-corrected chi connectivity index (χ0v) is 16.7. The highest BCUT2D eigenvalue weighted by Crippen LogP contribution is 2.23. The minimum Gasteiger partial charge on any atom is -0.474 e. The van der Waals surface area contributed by atoms with Gasteiger partial charge in [0.15, 0.2) is 0 Å². The van der Waals surface area contributed by atoms with Crippen molar-refractivity contribution in [3.05, 3.63) is 66.6 Å². The Morgan fingerprint density at radius 2 is 2.00 bits per heavy atom. The molecule has 2 aromatic heterocycles. The molecule has 0 saturated carbocycles. The van der Waals surface area contributed by atoms with Gasteiger partial charge in [0.2, 0.25) is 5.88 Å². The summed E-state index contributed by atoms with van der Waals surface area (Å²) in [6, 6.07) is 17.7. The van der Waals surface area contributed by atoms with Crippen molar-refractivity contribution in [2.75, 3.05) is 26.3 Å². The fourth-order valence-corrected chi connectivity index (χ4v) is 3.93. The van der Waals surface area contributed by atoms with Crippen molar-refractivity contribution in [3.63, 3.8) is 0 Å². The standard InChI is InChI=1S/C23H22N4O3/c1-26-20-9-5-2-6-16(20)12-21(26)23(28)27-10-11-29-17(13-27)14-30-22-18-7-3-4-8-19(18)24-15-25-22/h2-9,12,15,17H,10-11,13-14H2,1H3. The summed E-state index contributed by atoms with van der Waals surface area (Å²) in [6.07, 6.45) is 1.28. The Balaban J connectivity index is 1.29. The van der Waals surface area contributed by atoms with Gasteiger partial charge >= 0.3 is 0 Å². The minimum absolute atomic E-state index is 0.00878. The molecular formula is C23H22N4O3. The van der Waals surface area contributed by atoms with E-state index in [9.17, 15) is 4.79 Å². The fraction of sp³-hybridized carbons (Fsp3) is 0.261. The van der Waals surface area contributed by atoms with E-state index in [1.807, 2.05) is 71.1 Å². The summed E-state index contributed by atoms with van der Waals surface area (Å²) in [6.45, 7) is 1.84. The number of ether oxygens (including phenoxy) is 2. The average molecular weight is 402 g/mol. The first-order chi connectivity index (χ1) is 14.7. The molecule has 1 fully saturated rings. The molecule has 1 saturated heterocycles. The van der Waals surface area contributed by atoms with Crippen molar-refractivity contribution in [2.24, 2.45) is 7.05 Å². The Morgan fingerprint density at radius 3 is 2.90 bits per heavy atom. The normalized spacial score (nSPS) is 16.8. The zero-order chi connectivity index (χ0) is 20.5. The molecule has 0 aliphatic carbocycles. The monoisotopic (exact) mass is 402 g/mol. The van der Waals surface area contributed by atoms with E-state index in [0.29, 0.717) is 37.9 Å². The van der Waals surface area contributed by atoms with Crippen LogP contribution in [0.15, 0.2) is 60.9 Å². The third kappa shape index (κ3) is 3.37. The molecule has 7 heteroatoms. The summed E-state index contributed by atoms with van der Waals surface area (Å²) in [7, 11) is 1.93. The summed E-state index contributed by atoms with van der Waals surface area (Å²) < 4.78 is 13.7. The third-order valence-electron chi connectivity index (χ3n) is 5.51. The number of amides is 1. The average Bonchev–Trinajstić information content (AvgIpc) is 3.14. The van der Waals surface area contributed by atoms with E-state index in [2.05, 4.69) is 9.97 Å². The number of aryl methyl sites for hydroxylation is 1. The van der Waals surface area contributed by atoms with Crippen LogP contribution in [0.5, 0.6) is 5.88 Å². The third-order valence-corrected chi connectivity index (χ3v) is 5.51. The van der Waals surface area contributed by atoms with Crippen LogP contribution in [0.2, 0.25) is 0 Å². The molecule has 5 rings (SSSR count). The number of nitrogens with zero attached hydrogens (tertiary/aromatic N) is 4. The Kier molecular flexibility index (Phi) is 4.80. The number of carbonyl (C=O) groups excluding carboxylic acids is 1. The van der Waals surface area contributed by atoms with Crippen LogP contribution in [0.4, 0.5) is 0 Å². The molecule has 30 heavy (non-hydrogen) atoms. The van der Waals surface area contributed by atoms with Crippen LogP contribution < -0.4 is 4.74 Å². The summed E-state index contributed by atoms with van der Waals surface area (Å²) in [4.78, 5) is 23.5. The molecule has 152 valence electrons. The summed E-state index contributed by atoms with van der Waals surface area (Å²) >= 11 is 0. The van der Waals surface area contributed by atoms with E-state index in [1.54, 1.807) is 0 Å². The van der Waals surface area contributed by atoms with Crippen LogP contribution in [0, 0.1) is 0 Å². The maximum Gasteiger partial charge on any atom is 0.270 e. The van der Waals surface area contributed by atoms with Gasteiger partial charge in [-0.25, -0.2) is 9.97 Å². The van der Waals surface area contributed by atoms with Gasteiger partial charge in [0.25, 0.3) is 5.91 Å². The van der Waals surface area contributed by atoms with E-state index in [0.717, 1.165) is 21.8 Å². The highest BCUT2D eigenvalue weighted by Gasteiger charge is 2.27. The van der Waals surface area contributed by atoms with Gasteiger partial charge in [-0.1, -0.05) is 30.3 Å². The first kappa shape index (κ1) is 18.6. The summed E-state index contributed by atoms with van der Waals surface area (Å²) in [5.74, 6) is 0.538. The van der Waals surface area contributed by atoms with Gasteiger partial charge in [-0.2, -0.15) is 0 Å². The quantitative estimate of drug-likeness (QED) is 0.525. The van der Waals surface area contributed by atoms with Crippen LogP contribution in [0.25, 0.3) is 21.8 Å². The van der Waals surface area contributed by atoms with Crippen molar-refractivity contribution in [1.29, 1.82) is 0 Å². The smallest absolute Gasteiger partial charge is 0.270 e. The largest absolute Gasteiger partial charge is 0.474 e. The predicted octanol–water partition coefficient (Wildman–Crippen LogP) is 3.04. The first-order valence-corrected chi connectivity index (χ1v) is 9.98. The van der Waals surface area contributed by atoms with E-state index in [1.165, 1.54) is 6.33 Å². The molecule has 7 nitrogen and oxygen atoms in total. The zero-order valence-electron chi connectivity index (χ0n) is 16.7. The maximum atomic E-state index is 13.2. The van der Waals surface area contributed by atoms with Crippen LogP contribution in [-0.4, -0.2) is 57.7 Å². The number of fused-ring (bicyclic) bond motifs is 2. The number of hydrogen-bond donors (Lipinski definition) is 0. The molecule has 1 unspecified atom stereocenters. The molecule has 4 aromatic rings. The summed E-state index contributed by atoms with van der Waals surface area (Å²) in [5.41, 5.74) is 2.56. The van der Waals surface area contributed by atoms with Crippen molar-refractivity contribution in [1.82, 2.24) is 19.4 Å². The van der Waals surface area contributed by atoms with E-state index < -0.39 is 0 Å². The second-order valence-electron chi connectivity index (χ2n) is 7.40. The van der Waals surface area contributed by atoms with Crippen molar-refractivity contribution < 1.29 is 14.3 Å². The highest BCUT2D eigenvalue weighted by atomic mass is 16.5. The molecule has 1 aliphatic heterocycles. The van der Waals surface area contributed by atoms with E-state index in [4.69, 9.17) is 9.47 Å². The Bertz CT molecular complexity index is 1210. The fourth-order valence-electron chi connectivity index (χ4n) is 3.93. The number of hydrogen-bond acceptors (Lipinski definition) is 5. The predicted molar refractivity (Wildman–Crippen MR) is 114 cm³/mol. The molecule has 0 spiro atoms. The van der Waals surface area contributed by atoms with Crippen molar-refractivity contribution in [2.45, 2.75) is 6.10 Å². The lowest BCUT2D eigenvalue weighted by Gasteiger charge is -2.32.